The third-order valence-corrected chi connectivity index (χ3v) is 2.25. The zero-order valence-electron chi connectivity index (χ0n) is 7.62. The molecule has 0 atom stereocenters. The van der Waals surface area contributed by atoms with Crippen LogP contribution in [0.25, 0.3) is 10.8 Å². The van der Waals surface area contributed by atoms with Gasteiger partial charge in [-0.3, -0.25) is 4.98 Å². The lowest BCUT2D eigenvalue weighted by Gasteiger charge is -2.03. The van der Waals surface area contributed by atoms with Gasteiger partial charge >= 0.3 is 0 Å². The van der Waals surface area contributed by atoms with E-state index in [0.29, 0.717) is 0 Å². The van der Waals surface area contributed by atoms with Crippen LogP contribution in [0.2, 0.25) is 0 Å². The molecule has 0 aliphatic carbocycles. The van der Waals surface area contributed by atoms with Gasteiger partial charge in [-0.25, -0.2) is 0 Å². The summed E-state index contributed by atoms with van der Waals surface area (Å²) in [6.45, 7) is 2.12. The number of hydrogen-bond acceptors (Lipinski definition) is 2. The summed E-state index contributed by atoms with van der Waals surface area (Å²) >= 11 is 0. The van der Waals surface area contributed by atoms with Gasteiger partial charge in [-0.1, -0.05) is 13.0 Å². The van der Waals surface area contributed by atoms with E-state index in [1.54, 1.807) is 0 Å². The number of nitrogens with zero attached hydrogens (tertiary/aromatic N) is 1. The first-order chi connectivity index (χ1) is 6.31. The topological polar surface area (TPSA) is 38.9 Å². The van der Waals surface area contributed by atoms with Crippen LogP contribution in [0, 0.1) is 0 Å². The predicted octanol–water partition coefficient (Wildman–Crippen LogP) is 2.38. The summed E-state index contributed by atoms with van der Waals surface area (Å²) in [4.78, 5) is 4.17. The first-order valence-corrected chi connectivity index (χ1v) is 4.43. The summed E-state index contributed by atoms with van der Waals surface area (Å²) < 4.78 is 0. The zero-order valence-corrected chi connectivity index (χ0v) is 7.62. The standard InChI is InChI=1S/C11H12N2/c1-2-8-6-13-7-9-3-4-10(12)5-11(8)9/h3-7H,2,12H2,1H3. The number of hydrogen-bond donors (Lipinski definition) is 1. The molecule has 1 aromatic heterocycles. The molecule has 0 saturated heterocycles. The second kappa shape index (κ2) is 3.05. The van der Waals surface area contributed by atoms with Gasteiger partial charge in [-0.2, -0.15) is 0 Å². The normalized spacial score (nSPS) is 10.5. The van der Waals surface area contributed by atoms with Crippen LogP contribution >= 0.6 is 0 Å². The van der Waals surface area contributed by atoms with Crippen molar-refractivity contribution in [1.82, 2.24) is 4.98 Å². The van der Waals surface area contributed by atoms with Crippen LogP contribution < -0.4 is 5.73 Å². The van der Waals surface area contributed by atoms with Gasteiger partial charge in [0.2, 0.25) is 0 Å². The Kier molecular flexibility index (Phi) is 1.89. The zero-order chi connectivity index (χ0) is 9.26. The van der Waals surface area contributed by atoms with Gasteiger partial charge in [-0.05, 0) is 29.5 Å². The minimum Gasteiger partial charge on any atom is -0.399 e. The molecule has 2 rings (SSSR count). The second-order valence-corrected chi connectivity index (χ2v) is 3.13. The Morgan fingerprint density at radius 3 is 2.92 bits per heavy atom. The fourth-order valence-corrected chi connectivity index (χ4v) is 1.52. The summed E-state index contributed by atoms with van der Waals surface area (Å²) in [5, 5.41) is 2.38. The van der Waals surface area contributed by atoms with Crippen LogP contribution in [-0.2, 0) is 6.42 Å². The van der Waals surface area contributed by atoms with Crippen LogP contribution in [-0.4, -0.2) is 4.98 Å². The molecule has 2 aromatic rings. The maximum atomic E-state index is 5.73. The Bertz CT molecular complexity index is 435. The lowest BCUT2D eigenvalue weighted by atomic mass is 10.1. The van der Waals surface area contributed by atoms with E-state index in [9.17, 15) is 0 Å². The number of nitrogens with two attached hydrogens (primary N) is 1. The molecule has 2 heteroatoms. The highest BCUT2D eigenvalue weighted by Gasteiger charge is 1.99. The molecular formula is C11H12N2. The van der Waals surface area contributed by atoms with Crippen LogP contribution in [0.5, 0.6) is 0 Å². The largest absolute Gasteiger partial charge is 0.399 e. The van der Waals surface area contributed by atoms with Crippen molar-refractivity contribution in [2.45, 2.75) is 13.3 Å². The van der Waals surface area contributed by atoms with E-state index in [-0.39, 0.29) is 0 Å². The van der Waals surface area contributed by atoms with Crippen LogP contribution in [0.1, 0.15) is 12.5 Å². The second-order valence-electron chi connectivity index (χ2n) is 3.13. The van der Waals surface area contributed by atoms with E-state index < -0.39 is 0 Å². The third-order valence-electron chi connectivity index (χ3n) is 2.25. The molecule has 0 bridgehead atoms. The van der Waals surface area contributed by atoms with E-state index >= 15 is 0 Å². The minimum atomic E-state index is 0.813. The molecule has 0 unspecified atom stereocenters. The van der Waals surface area contributed by atoms with E-state index in [1.807, 2.05) is 30.6 Å². The average molecular weight is 172 g/mol. The summed E-state index contributed by atoms with van der Waals surface area (Å²) in [5.74, 6) is 0. The molecule has 66 valence electrons. The number of aryl methyl sites for hydroxylation is 1. The number of aromatic nitrogens is 1. The summed E-state index contributed by atoms with van der Waals surface area (Å²) in [6.07, 6.45) is 4.77. The molecule has 0 aliphatic rings. The first-order valence-electron chi connectivity index (χ1n) is 4.43. The fourth-order valence-electron chi connectivity index (χ4n) is 1.52. The quantitative estimate of drug-likeness (QED) is 0.671. The Morgan fingerprint density at radius 2 is 2.15 bits per heavy atom. The molecule has 2 N–H and O–H groups in total. The molecule has 0 radical (unpaired) electrons. The number of benzene rings is 1. The van der Waals surface area contributed by atoms with Gasteiger partial charge in [0.25, 0.3) is 0 Å². The van der Waals surface area contributed by atoms with Crippen molar-refractivity contribution >= 4 is 16.5 Å². The van der Waals surface area contributed by atoms with Crippen molar-refractivity contribution in [2.24, 2.45) is 0 Å². The van der Waals surface area contributed by atoms with Crippen molar-refractivity contribution in [1.29, 1.82) is 0 Å². The molecule has 1 heterocycles. The average Bonchev–Trinajstić information content (AvgIpc) is 2.17. The van der Waals surface area contributed by atoms with E-state index in [0.717, 1.165) is 17.5 Å². The lowest BCUT2D eigenvalue weighted by Crippen LogP contribution is -1.89. The molecule has 0 fully saturated rings. The highest BCUT2D eigenvalue weighted by molar-refractivity contribution is 5.87. The first kappa shape index (κ1) is 8.05. The lowest BCUT2D eigenvalue weighted by molar-refractivity contribution is 1.13. The summed E-state index contributed by atoms with van der Waals surface area (Å²) in [6, 6.07) is 5.93. The van der Waals surface area contributed by atoms with Gasteiger partial charge in [0, 0.05) is 23.5 Å². The molecule has 1 aromatic carbocycles. The number of anilines is 1. The van der Waals surface area contributed by atoms with E-state index in [4.69, 9.17) is 5.73 Å². The smallest absolute Gasteiger partial charge is 0.0346 e. The highest BCUT2D eigenvalue weighted by Crippen LogP contribution is 2.20. The minimum absolute atomic E-state index is 0.813. The van der Waals surface area contributed by atoms with Crippen LogP contribution in [0.3, 0.4) is 0 Å². The molecule has 13 heavy (non-hydrogen) atoms. The third kappa shape index (κ3) is 1.35. The van der Waals surface area contributed by atoms with Crippen molar-refractivity contribution < 1.29 is 0 Å². The molecular weight excluding hydrogens is 160 g/mol. The molecule has 0 aliphatic heterocycles. The van der Waals surface area contributed by atoms with E-state index in [1.165, 1.54) is 10.9 Å². The molecule has 0 saturated carbocycles. The Labute approximate surface area is 77.4 Å². The van der Waals surface area contributed by atoms with E-state index in [2.05, 4.69) is 11.9 Å². The summed E-state index contributed by atoms with van der Waals surface area (Å²) in [7, 11) is 0. The number of pyridine rings is 1. The summed E-state index contributed by atoms with van der Waals surface area (Å²) in [5.41, 5.74) is 7.79. The monoisotopic (exact) mass is 172 g/mol. The van der Waals surface area contributed by atoms with Crippen LogP contribution in [0.4, 0.5) is 5.69 Å². The Balaban J connectivity index is 2.79. The number of rotatable bonds is 1. The Hall–Kier alpha value is -1.57. The predicted molar refractivity (Wildman–Crippen MR) is 55.5 cm³/mol. The van der Waals surface area contributed by atoms with Crippen molar-refractivity contribution in [3.05, 3.63) is 36.2 Å². The van der Waals surface area contributed by atoms with Crippen LogP contribution in [0.15, 0.2) is 30.6 Å². The van der Waals surface area contributed by atoms with Gasteiger partial charge in [0.15, 0.2) is 0 Å². The molecule has 0 spiro atoms. The van der Waals surface area contributed by atoms with Gasteiger partial charge in [0.1, 0.15) is 0 Å². The highest BCUT2D eigenvalue weighted by atomic mass is 14.6. The fraction of sp³-hybridized carbons (Fsp3) is 0.182. The maximum absolute atomic E-state index is 5.73. The number of nitrogen functional groups attached to an aromatic ring is 1. The van der Waals surface area contributed by atoms with Gasteiger partial charge in [0.05, 0.1) is 0 Å². The molecule has 2 nitrogen and oxygen atoms in total. The van der Waals surface area contributed by atoms with Crippen molar-refractivity contribution in [3.8, 4) is 0 Å². The SMILES string of the molecule is CCc1cncc2ccc(N)cc12. The Morgan fingerprint density at radius 1 is 1.31 bits per heavy atom. The van der Waals surface area contributed by atoms with Crippen molar-refractivity contribution in [2.75, 3.05) is 5.73 Å². The van der Waals surface area contributed by atoms with Crippen molar-refractivity contribution in [3.63, 3.8) is 0 Å². The maximum Gasteiger partial charge on any atom is 0.0346 e. The van der Waals surface area contributed by atoms with Gasteiger partial charge < -0.3 is 5.73 Å². The van der Waals surface area contributed by atoms with Gasteiger partial charge in [-0.15, -0.1) is 0 Å². The number of fused-ring (bicyclic) bond motifs is 1. The molecule has 0 amide bonds.